The van der Waals surface area contributed by atoms with Gasteiger partial charge in [-0.3, -0.25) is 4.79 Å². The molecule has 0 aliphatic heterocycles. The van der Waals surface area contributed by atoms with Crippen molar-refractivity contribution in [2.75, 3.05) is 39.3 Å². The first kappa shape index (κ1) is 12.5. The second-order valence-electron chi connectivity index (χ2n) is 3.69. The Hall–Kier alpha value is -1.55. The Morgan fingerprint density at radius 2 is 1.94 bits per heavy atom. The van der Waals surface area contributed by atoms with E-state index in [0.717, 1.165) is 5.69 Å². The van der Waals surface area contributed by atoms with Gasteiger partial charge >= 0.3 is 0 Å². The van der Waals surface area contributed by atoms with Gasteiger partial charge < -0.3 is 15.0 Å². The molecule has 0 unspecified atom stereocenters. The van der Waals surface area contributed by atoms with Gasteiger partial charge in [0, 0.05) is 39.0 Å². The Morgan fingerprint density at radius 3 is 2.44 bits per heavy atom. The summed E-state index contributed by atoms with van der Waals surface area (Å²) in [4.78, 5) is 13.6. The van der Waals surface area contributed by atoms with E-state index in [0.29, 0.717) is 18.7 Å². The number of carbonyl (C=O) groups is 1. The van der Waals surface area contributed by atoms with E-state index < -0.39 is 0 Å². The van der Waals surface area contributed by atoms with E-state index in [1.807, 2.05) is 43.3 Å². The molecule has 16 heavy (non-hydrogen) atoms. The highest BCUT2D eigenvalue weighted by molar-refractivity contribution is 5.94. The predicted octanol–water partition coefficient (Wildman–Crippen LogP) is 1.13. The summed E-state index contributed by atoms with van der Waals surface area (Å²) in [6.07, 6.45) is 0. The molecule has 0 saturated heterocycles. The quantitative estimate of drug-likeness (QED) is 0.759. The number of hydrogen-bond acceptors (Lipinski definition) is 3. The smallest absolute Gasteiger partial charge is 0.251 e. The van der Waals surface area contributed by atoms with E-state index in [9.17, 15) is 4.79 Å². The molecule has 88 valence electrons. The number of anilines is 1. The Kier molecular flexibility index (Phi) is 4.79. The largest absolute Gasteiger partial charge is 0.383 e. The van der Waals surface area contributed by atoms with Gasteiger partial charge in [-0.2, -0.15) is 0 Å². The molecule has 1 aromatic carbocycles. The van der Waals surface area contributed by atoms with Crippen LogP contribution in [0.3, 0.4) is 0 Å². The summed E-state index contributed by atoms with van der Waals surface area (Å²) in [6, 6.07) is 7.48. The summed E-state index contributed by atoms with van der Waals surface area (Å²) in [5.41, 5.74) is 1.75. The second-order valence-corrected chi connectivity index (χ2v) is 3.69. The number of methoxy groups -OCH3 is 1. The number of benzene rings is 1. The molecule has 0 aliphatic carbocycles. The summed E-state index contributed by atoms with van der Waals surface area (Å²) < 4.78 is 4.86. The number of carbonyl (C=O) groups excluding carboxylic acids is 1. The monoisotopic (exact) mass is 222 g/mol. The van der Waals surface area contributed by atoms with Crippen LogP contribution in [0.15, 0.2) is 24.3 Å². The van der Waals surface area contributed by atoms with Gasteiger partial charge in [-0.1, -0.05) is 0 Å². The Labute approximate surface area is 96.2 Å². The zero-order valence-corrected chi connectivity index (χ0v) is 9.99. The molecular weight excluding hydrogens is 204 g/mol. The lowest BCUT2D eigenvalue weighted by molar-refractivity contribution is 0.0937. The van der Waals surface area contributed by atoms with Crippen LogP contribution in [-0.4, -0.2) is 40.3 Å². The fourth-order valence-electron chi connectivity index (χ4n) is 1.28. The molecule has 0 fully saturated rings. The van der Waals surface area contributed by atoms with Gasteiger partial charge in [0.1, 0.15) is 0 Å². The number of ether oxygens (including phenoxy) is 1. The average Bonchev–Trinajstić information content (AvgIpc) is 2.29. The molecule has 1 rings (SSSR count). The van der Waals surface area contributed by atoms with Gasteiger partial charge in [0.15, 0.2) is 0 Å². The molecule has 0 heterocycles. The molecule has 0 aliphatic rings. The molecule has 0 bridgehead atoms. The van der Waals surface area contributed by atoms with Crippen molar-refractivity contribution in [3.8, 4) is 0 Å². The van der Waals surface area contributed by atoms with E-state index >= 15 is 0 Å². The molecule has 1 amide bonds. The van der Waals surface area contributed by atoms with Gasteiger partial charge in [-0.15, -0.1) is 0 Å². The third-order valence-electron chi connectivity index (χ3n) is 2.24. The third-order valence-corrected chi connectivity index (χ3v) is 2.24. The van der Waals surface area contributed by atoms with Gasteiger partial charge in [-0.25, -0.2) is 0 Å². The van der Waals surface area contributed by atoms with E-state index in [1.54, 1.807) is 7.11 Å². The minimum absolute atomic E-state index is 0.0673. The van der Waals surface area contributed by atoms with Gasteiger partial charge in [0.05, 0.1) is 6.61 Å². The topological polar surface area (TPSA) is 41.6 Å². The normalized spacial score (nSPS) is 9.94. The maximum absolute atomic E-state index is 11.6. The Morgan fingerprint density at radius 1 is 1.31 bits per heavy atom. The SMILES string of the molecule is COCCNC(=O)c1ccc(N(C)C)cc1. The molecule has 0 atom stereocenters. The number of hydrogen-bond donors (Lipinski definition) is 1. The number of nitrogens with zero attached hydrogens (tertiary/aromatic N) is 1. The first-order valence-corrected chi connectivity index (χ1v) is 5.19. The molecule has 0 aromatic heterocycles. The van der Waals surface area contributed by atoms with Crippen molar-refractivity contribution in [2.24, 2.45) is 0 Å². The van der Waals surface area contributed by atoms with Crippen molar-refractivity contribution in [1.29, 1.82) is 0 Å². The van der Waals surface area contributed by atoms with Crippen LogP contribution >= 0.6 is 0 Å². The molecular formula is C12H18N2O2. The van der Waals surface area contributed by atoms with Crippen LogP contribution in [-0.2, 0) is 4.74 Å². The number of rotatable bonds is 5. The van der Waals surface area contributed by atoms with Crippen molar-refractivity contribution in [3.05, 3.63) is 29.8 Å². The first-order chi connectivity index (χ1) is 7.65. The zero-order chi connectivity index (χ0) is 12.0. The lowest BCUT2D eigenvalue weighted by atomic mass is 10.2. The first-order valence-electron chi connectivity index (χ1n) is 5.19. The molecule has 0 spiro atoms. The summed E-state index contributed by atoms with van der Waals surface area (Å²) in [5, 5.41) is 2.77. The minimum Gasteiger partial charge on any atom is -0.383 e. The Bertz CT molecular complexity index is 333. The van der Waals surface area contributed by atoms with E-state index in [2.05, 4.69) is 5.32 Å². The Balaban J connectivity index is 2.56. The fraction of sp³-hybridized carbons (Fsp3) is 0.417. The van der Waals surface area contributed by atoms with Gasteiger partial charge in [-0.05, 0) is 24.3 Å². The van der Waals surface area contributed by atoms with E-state index in [1.165, 1.54) is 0 Å². The molecule has 4 nitrogen and oxygen atoms in total. The third kappa shape index (κ3) is 3.55. The van der Waals surface area contributed by atoms with Crippen molar-refractivity contribution < 1.29 is 9.53 Å². The molecule has 1 N–H and O–H groups in total. The van der Waals surface area contributed by atoms with Crippen LogP contribution in [0.1, 0.15) is 10.4 Å². The van der Waals surface area contributed by atoms with Crippen LogP contribution in [0.5, 0.6) is 0 Å². The summed E-state index contributed by atoms with van der Waals surface area (Å²) in [5.74, 6) is -0.0673. The van der Waals surface area contributed by atoms with Crippen LogP contribution in [0.2, 0.25) is 0 Å². The van der Waals surface area contributed by atoms with E-state index in [-0.39, 0.29) is 5.91 Å². The van der Waals surface area contributed by atoms with Crippen molar-refractivity contribution in [1.82, 2.24) is 5.32 Å². The van der Waals surface area contributed by atoms with Gasteiger partial charge in [0.2, 0.25) is 0 Å². The van der Waals surface area contributed by atoms with Crippen LogP contribution in [0, 0.1) is 0 Å². The number of nitrogens with one attached hydrogen (secondary N) is 1. The average molecular weight is 222 g/mol. The highest BCUT2D eigenvalue weighted by Gasteiger charge is 2.04. The maximum Gasteiger partial charge on any atom is 0.251 e. The second kappa shape index (κ2) is 6.12. The standard InChI is InChI=1S/C12H18N2O2/c1-14(2)11-6-4-10(5-7-11)12(15)13-8-9-16-3/h4-7H,8-9H2,1-3H3,(H,13,15). The summed E-state index contributed by atoms with van der Waals surface area (Å²) in [6.45, 7) is 1.06. The highest BCUT2D eigenvalue weighted by atomic mass is 16.5. The van der Waals surface area contributed by atoms with Gasteiger partial charge in [0.25, 0.3) is 5.91 Å². The minimum atomic E-state index is -0.0673. The van der Waals surface area contributed by atoms with Crippen molar-refractivity contribution in [3.63, 3.8) is 0 Å². The molecule has 0 radical (unpaired) electrons. The lowest BCUT2D eigenvalue weighted by Gasteiger charge is -2.12. The van der Waals surface area contributed by atoms with Crippen LogP contribution in [0.25, 0.3) is 0 Å². The fourth-order valence-corrected chi connectivity index (χ4v) is 1.28. The van der Waals surface area contributed by atoms with Crippen LogP contribution < -0.4 is 10.2 Å². The predicted molar refractivity (Wildman–Crippen MR) is 65.0 cm³/mol. The highest BCUT2D eigenvalue weighted by Crippen LogP contribution is 2.11. The molecule has 4 heteroatoms. The molecule has 1 aromatic rings. The summed E-state index contributed by atoms with van der Waals surface area (Å²) in [7, 11) is 5.54. The lowest BCUT2D eigenvalue weighted by Crippen LogP contribution is -2.26. The van der Waals surface area contributed by atoms with Crippen molar-refractivity contribution in [2.45, 2.75) is 0 Å². The number of amides is 1. The zero-order valence-electron chi connectivity index (χ0n) is 9.99. The maximum atomic E-state index is 11.6. The molecule has 0 saturated carbocycles. The van der Waals surface area contributed by atoms with E-state index in [4.69, 9.17) is 4.74 Å². The summed E-state index contributed by atoms with van der Waals surface area (Å²) >= 11 is 0. The van der Waals surface area contributed by atoms with Crippen molar-refractivity contribution >= 4 is 11.6 Å². The van der Waals surface area contributed by atoms with Crippen LogP contribution in [0.4, 0.5) is 5.69 Å².